The smallest absolute Gasteiger partial charge is 0.392 e. The number of β-amino-alcohol motifs (C(OH)–C–C–N with tert-alkyl or cyclic N) is 1. The summed E-state index contributed by atoms with van der Waals surface area (Å²) < 4.78 is 38.4. The maximum Gasteiger partial charge on any atom is 0.417 e. The number of carbonyl (C=O) groups excluding carboxylic acids is 1. The topological polar surface area (TPSA) is 59.9 Å². The molecule has 168 valence electrons. The Labute approximate surface area is 179 Å². The predicted molar refractivity (Wildman–Crippen MR) is 108 cm³/mol. The van der Waals surface area contributed by atoms with Gasteiger partial charge < -0.3 is 14.9 Å². The van der Waals surface area contributed by atoms with E-state index < -0.39 is 17.8 Å². The molecule has 3 rings (SSSR count). The molecular weight excluding hydrogens is 421 g/mol. The van der Waals surface area contributed by atoms with E-state index in [9.17, 15) is 23.1 Å². The summed E-state index contributed by atoms with van der Waals surface area (Å²) in [5.74, 6) is 0.352. The molecule has 0 bridgehead atoms. The van der Waals surface area contributed by atoms with Gasteiger partial charge >= 0.3 is 6.18 Å². The van der Waals surface area contributed by atoms with Crippen molar-refractivity contribution in [1.82, 2.24) is 14.8 Å². The third kappa shape index (κ3) is 5.36. The highest BCUT2D eigenvalue weighted by Crippen LogP contribution is 2.35. The molecule has 2 aliphatic rings. The Morgan fingerprint density at radius 3 is 2.50 bits per heavy atom. The van der Waals surface area contributed by atoms with Gasteiger partial charge in [0.05, 0.1) is 16.7 Å². The quantitative estimate of drug-likeness (QED) is 0.767. The number of carbonyl (C=O) groups is 1. The molecule has 2 atom stereocenters. The largest absolute Gasteiger partial charge is 0.417 e. The van der Waals surface area contributed by atoms with Crippen LogP contribution in [-0.4, -0.2) is 77.2 Å². The van der Waals surface area contributed by atoms with E-state index in [1.807, 2.05) is 9.80 Å². The summed E-state index contributed by atoms with van der Waals surface area (Å²) >= 11 is 6.05. The van der Waals surface area contributed by atoms with Crippen LogP contribution in [0.2, 0.25) is 5.02 Å². The number of anilines is 1. The van der Waals surface area contributed by atoms with Gasteiger partial charge in [0, 0.05) is 57.4 Å². The number of amides is 1. The summed E-state index contributed by atoms with van der Waals surface area (Å²) in [4.78, 5) is 22.8. The lowest BCUT2D eigenvalue weighted by atomic mass is 9.94. The fraction of sp³-hybridized carbons (Fsp3) is 0.700. The van der Waals surface area contributed by atoms with Crippen LogP contribution in [0.4, 0.5) is 19.0 Å². The van der Waals surface area contributed by atoms with Crippen molar-refractivity contribution >= 4 is 23.3 Å². The molecule has 1 amide bonds. The van der Waals surface area contributed by atoms with Crippen molar-refractivity contribution in [2.24, 2.45) is 5.92 Å². The molecule has 0 aromatic carbocycles. The summed E-state index contributed by atoms with van der Waals surface area (Å²) in [6, 6.07) is 1.09. The zero-order chi connectivity index (χ0) is 22.1. The zero-order valence-corrected chi connectivity index (χ0v) is 18.0. The van der Waals surface area contributed by atoms with Gasteiger partial charge in [-0.3, -0.25) is 9.69 Å². The maximum atomic E-state index is 13.0. The summed E-state index contributed by atoms with van der Waals surface area (Å²) in [5, 5.41) is 9.57. The number of pyridine rings is 1. The fourth-order valence-electron chi connectivity index (χ4n) is 4.22. The molecule has 2 fully saturated rings. The lowest BCUT2D eigenvalue weighted by molar-refractivity contribution is -0.139. The van der Waals surface area contributed by atoms with E-state index in [1.165, 1.54) is 0 Å². The predicted octanol–water partition coefficient (Wildman–Crippen LogP) is 2.88. The van der Waals surface area contributed by atoms with Crippen LogP contribution >= 0.6 is 11.6 Å². The van der Waals surface area contributed by atoms with Crippen molar-refractivity contribution in [3.63, 3.8) is 0 Å². The first-order chi connectivity index (χ1) is 14.1. The van der Waals surface area contributed by atoms with E-state index in [4.69, 9.17) is 11.6 Å². The Morgan fingerprint density at radius 2 is 1.97 bits per heavy atom. The molecular formula is C20H28ClF3N4O2. The Morgan fingerprint density at radius 1 is 1.30 bits per heavy atom. The van der Waals surface area contributed by atoms with Gasteiger partial charge in [-0.2, -0.15) is 13.2 Å². The first-order valence-electron chi connectivity index (χ1n) is 10.2. The van der Waals surface area contributed by atoms with Crippen LogP contribution in [0, 0.1) is 5.92 Å². The Bertz CT molecular complexity index is 754. The normalized spacial score (nSPS) is 23.0. The molecule has 1 aromatic heterocycles. The van der Waals surface area contributed by atoms with E-state index >= 15 is 0 Å². The Kier molecular flexibility index (Phi) is 7.14. The number of aliphatic hydroxyl groups is 1. The van der Waals surface area contributed by atoms with Crippen molar-refractivity contribution < 1.29 is 23.1 Å². The van der Waals surface area contributed by atoms with Crippen LogP contribution in [0.1, 0.15) is 32.3 Å². The minimum atomic E-state index is -4.48. The van der Waals surface area contributed by atoms with Gasteiger partial charge in [-0.15, -0.1) is 0 Å². The molecule has 0 saturated carbocycles. The molecule has 0 radical (unpaired) electrons. The summed E-state index contributed by atoms with van der Waals surface area (Å²) in [7, 11) is 0. The van der Waals surface area contributed by atoms with Crippen molar-refractivity contribution in [3.05, 3.63) is 22.8 Å². The van der Waals surface area contributed by atoms with E-state index in [0.29, 0.717) is 51.4 Å². The third-order valence-electron chi connectivity index (χ3n) is 5.87. The van der Waals surface area contributed by atoms with Crippen LogP contribution in [0.15, 0.2) is 12.3 Å². The first-order valence-corrected chi connectivity index (χ1v) is 10.6. The van der Waals surface area contributed by atoms with Gasteiger partial charge in [0.15, 0.2) is 0 Å². The minimum Gasteiger partial charge on any atom is -0.392 e. The highest BCUT2D eigenvalue weighted by molar-refractivity contribution is 6.33. The van der Waals surface area contributed by atoms with Crippen LogP contribution in [0.3, 0.4) is 0 Å². The van der Waals surface area contributed by atoms with Gasteiger partial charge in [0.2, 0.25) is 5.91 Å². The number of rotatable bonds is 4. The average Bonchev–Trinajstić information content (AvgIpc) is 2.68. The Balaban J connectivity index is 1.55. The van der Waals surface area contributed by atoms with Crippen molar-refractivity contribution in [3.8, 4) is 0 Å². The molecule has 10 heteroatoms. The van der Waals surface area contributed by atoms with Gasteiger partial charge in [-0.05, 0) is 32.8 Å². The van der Waals surface area contributed by atoms with E-state index in [-0.39, 0.29) is 22.9 Å². The summed E-state index contributed by atoms with van der Waals surface area (Å²) in [5.41, 5.74) is -0.870. The van der Waals surface area contributed by atoms with E-state index in [0.717, 1.165) is 18.8 Å². The molecule has 0 unspecified atom stereocenters. The van der Waals surface area contributed by atoms with Gasteiger partial charge in [0.25, 0.3) is 0 Å². The van der Waals surface area contributed by atoms with Gasteiger partial charge in [-0.1, -0.05) is 11.6 Å². The molecule has 1 aromatic rings. The monoisotopic (exact) mass is 448 g/mol. The summed E-state index contributed by atoms with van der Waals surface area (Å²) in [6.45, 7) is 7.47. The number of halogens is 4. The second-order valence-electron chi connectivity index (χ2n) is 8.27. The van der Waals surface area contributed by atoms with E-state index in [1.54, 1.807) is 6.92 Å². The molecule has 3 heterocycles. The molecule has 2 saturated heterocycles. The molecule has 0 aliphatic carbocycles. The molecule has 2 aliphatic heterocycles. The summed E-state index contributed by atoms with van der Waals surface area (Å²) in [6.07, 6.45) is -2.86. The van der Waals surface area contributed by atoms with Crippen molar-refractivity contribution in [2.75, 3.05) is 44.2 Å². The highest BCUT2D eigenvalue weighted by Gasteiger charge is 2.35. The van der Waals surface area contributed by atoms with Crippen molar-refractivity contribution in [2.45, 2.75) is 45.0 Å². The Hall–Kier alpha value is -1.58. The number of piperidine rings is 1. The molecule has 1 N–H and O–H groups in total. The van der Waals surface area contributed by atoms with Crippen LogP contribution in [0.25, 0.3) is 0 Å². The fourth-order valence-corrected chi connectivity index (χ4v) is 4.51. The number of aliphatic hydroxyl groups excluding tert-OH is 1. The number of piperazine rings is 1. The van der Waals surface area contributed by atoms with Crippen molar-refractivity contribution in [1.29, 1.82) is 0 Å². The second-order valence-corrected chi connectivity index (χ2v) is 8.67. The van der Waals surface area contributed by atoms with Crippen LogP contribution < -0.4 is 4.90 Å². The first kappa shape index (κ1) is 23.1. The van der Waals surface area contributed by atoms with Crippen LogP contribution in [-0.2, 0) is 11.0 Å². The number of aromatic nitrogens is 1. The molecule has 0 spiro atoms. The van der Waals surface area contributed by atoms with Crippen LogP contribution in [0.5, 0.6) is 0 Å². The number of nitrogens with zero attached hydrogens (tertiary/aromatic N) is 4. The third-order valence-corrected chi connectivity index (χ3v) is 6.15. The lowest BCUT2D eigenvalue weighted by Crippen LogP contribution is -2.56. The molecule has 6 nitrogen and oxygen atoms in total. The second kappa shape index (κ2) is 9.28. The molecule has 30 heavy (non-hydrogen) atoms. The zero-order valence-electron chi connectivity index (χ0n) is 17.2. The highest BCUT2D eigenvalue weighted by atomic mass is 35.5. The standard InChI is InChI=1S/C20H28ClF3N4O2/c1-13-11-28(8-7-27(13)12-14(2)29)19(30)15-3-5-26(6-4-15)18-17(21)9-16(10-25-18)20(22,23)24/h9-10,13-15,29H,3-8,11-12H2,1-2H3/t13-,14+/m0/s1. The van der Waals surface area contributed by atoms with Gasteiger partial charge in [-0.25, -0.2) is 4.98 Å². The number of alkyl halides is 3. The maximum absolute atomic E-state index is 13.0. The number of hydrogen-bond acceptors (Lipinski definition) is 5. The lowest BCUT2D eigenvalue weighted by Gasteiger charge is -2.42. The van der Waals surface area contributed by atoms with E-state index in [2.05, 4.69) is 16.8 Å². The van der Waals surface area contributed by atoms with Gasteiger partial charge in [0.1, 0.15) is 5.82 Å². The minimum absolute atomic E-state index is 0.0299. The number of hydrogen-bond donors (Lipinski definition) is 1. The SMILES string of the molecule is C[C@@H](O)CN1CCN(C(=O)C2CCN(c3ncc(C(F)(F)F)cc3Cl)CC2)C[C@@H]1C. The average molecular weight is 449 g/mol.